The van der Waals surface area contributed by atoms with Crippen molar-refractivity contribution in [3.8, 4) is 17.6 Å². The Kier molecular flexibility index (Phi) is 5.92. The summed E-state index contributed by atoms with van der Waals surface area (Å²) in [6.45, 7) is 1.63. The highest BCUT2D eigenvalue weighted by atomic mass is 16.5. The number of para-hydroxylation sites is 1. The van der Waals surface area contributed by atoms with Crippen molar-refractivity contribution in [3.05, 3.63) is 71.4 Å². The molecule has 2 N–H and O–H groups in total. The van der Waals surface area contributed by atoms with Gasteiger partial charge in [0.15, 0.2) is 0 Å². The summed E-state index contributed by atoms with van der Waals surface area (Å²) in [6, 6.07) is 17.3. The number of nitrogens with zero attached hydrogens (tertiary/aromatic N) is 1. The molecule has 0 saturated carbocycles. The zero-order valence-corrected chi connectivity index (χ0v) is 15.3. The second kappa shape index (κ2) is 8.73. The van der Waals surface area contributed by atoms with E-state index in [0.717, 1.165) is 0 Å². The van der Waals surface area contributed by atoms with Gasteiger partial charge in [0.1, 0.15) is 18.1 Å². The summed E-state index contributed by atoms with van der Waals surface area (Å²) in [4.78, 5) is 24.5. The molecule has 1 heterocycles. The minimum Gasteiger partial charge on any atom is -0.461 e. The topological polar surface area (TPSA) is 100 Å². The molecule has 1 aliphatic rings. The Morgan fingerprint density at radius 2 is 1.89 bits per heavy atom. The highest BCUT2D eigenvalue weighted by molar-refractivity contribution is 5.95. The highest BCUT2D eigenvalue weighted by Gasteiger charge is 2.32. The van der Waals surface area contributed by atoms with E-state index in [1.165, 1.54) is 0 Å². The minimum absolute atomic E-state index is 0.00998. The van der Waals surface area contributed by atoms with Gasteiger partial charge in [-0.05, 0) is 36.8 Å². The monoisotopic (exact) mass is 377 g/mol. The van der Waals surface area contributed by atoms with Crippen molar-refractivity contribution in [1.29, 1.82) is 5.26 Å². The van der Waals surface area contributed by atoms with E-state index in [1.54, 1.807) is 31.2 Å². The van der Waals surface area contributed by atoms with Crippen LogP contribution in [0, 0.1) is 11.3 Å². The summed E-state index contributed by atoms with van der Waals surface area (Å²) in [5.74, 6) is 0.669. The summed E-state index contributed by atoms with van der Waals surface area (Å²) >= 11 is 0. The largest absolute Gasteiger partial charge is 0.461 e. The first-order valence-electron chi connectivity index (χ1n) is 8.73. The lowest BCUT2D eigenvalue weighted by atomic mass is 9.95. The molecule has 0 fully saturated rings. The molecule has 1 aliphatic heterocycles. The molecule has 0 aromatic heterocycles. The van der Waals surface area contributed by atoms with E-state index in [2.05, 4.69) is 10.6 Å². The highest BCUT2D eigenvalue weighted by Crippen LogP contribution is 2.31. The lowest BCUT2D eigenvalue weighted by Gasteiger charge is -2.28. The Bertz CT molecular complexity index is 948. The number of nitrogens with one attached hydrogen (secondary N) is 2. The lowest BCUT2D eigenvalue weighted by molar-refractivity contribution is -0.139. The number of carbonyl (C=O) groups excluding carboxylic acids is 2. The van der Waals surface area contributed by atoms with Gasteiger partial charge in [0.05, 0.1) is 24.1 Å². The number of rotatable bonds is 6. The van der Waals surface area contributed by atoms with Gasteiger partial charge < -0.3 is 20.1 Å². The fourth-order valence-electron chi connectivity index (χ4n) is 2.86. The summed E-state index contributed by atoms with van der Waals surface area (Å²) in [6.07, 6.45) is 0.100. The van der Waals surface area contributed by atoms with E-state index >= 15 is 0 Å². The molecule has 1 atom stereocenters. The first-order valence-corrected chi connectivity index (χ1v) is 8.73. The van der Waals surface area contributed by atoms with Crippen LogP contribution in [-0.2, 0) is 9.53 Å². The number of ether oxygens (including phenoxy) is 2. The number of allylic oxidation sites excluding steroid dienone is 1. The summed E-state index contributed by atoms with van der Waals surface area (Å²) in [5, 5.41) is 14.0. The summed E-state index contributed by atoms with van der Waals surface area (Å²) in [5.41, 5.74) is 1.37. The molecule has 142 valence electrons. The van der Waals surface area contributed by atoms with E-state index in [-0.39, 0.29) is 18.6 Å². The van der Waals surface area contributed by atoms with Crippen LogP contribution in [0.25, 0.3) is 0 Å². The molecule has 2 aromatic rings. The van der Waals surface area contributed by atoms with E-state index < -0.39 is 18.0 Å². The van der Waals surface area contributed by atoms with Gasteiger partial charge in [-0.25, -0.2) is 9.59 Å². The normalized spacial score (nSPS) is 15.9. The van der Waals surface area contributed by atoms with Crippen molar-refractivity contribution < 1.29 is 19.1 Å². The van der Waals surface area contributed by atoms with Gasteiger partial charge in [-0.2, -0.15) is 5.26 Å². The molecule has 7 nitrogen and oxygen atoms in total. The van der Waals surface area contributed by atoms with Gasteiger partial charge in [-0.1, -0.05) is 30.3 Å². The van der Waals surface area contributed by atoms with Crippen LogP contribution in [-0.4, -0.2) is 18.6 Å². The van der Waals surface area contributed by atoms with Gasteiger partial charge in [0.25, 0.3) is 0 Å². The Balaban J connectivity index is 1.88. The van der Waals surface area contributed by atoms with Crippen molar-refractivity contribution in [2.24, 2.45) is 0 Å². The van der Waals surface area contributed by atoms with Crippen LogP contribution in [0.15, 0.2) is 65.9 Å². The lowest BCUT2D eigenvalue weighted by Crippen LogP contribution is -2.45. The van der Waals surface area contributed by atoms with Gasteiger partial charge >= 0.3 is 12.0 Å². The van der Waals surface area contributed by atoms with Gasteiger partial charge in [0.2, 0.25) is 0 Å². The third kappa shape index (κ3) is 4.48. The third-order valence-corrected chi connectivity index (χ3v) is 4.11. The number of esters is 1. The van der Waals surface area contributed by atoms with Crippen LogP contribution in [0.4, 0.5) is 4.79 Å². The van der Waals surface area contributed by atoms with Crippen LogP contribution < -0.4 is 15.4 Å². The standard InChI is InChI=1S/C21H19N3O4/c1-14-18(20(25)27-12-6-11-22)19(24-21(26)23-14)15-7-5-10-17(13-15)28-16-8-3-2-4-9-16/h2-5,7-10,13,19H,6,12H2,1H3,(H2,23,24,26). The van der Waals surface area contributed by atoms with Gasteiger partial charge in [-0.3, -0.25) is 0 Å². The van der Waals surface area contributed by atoms with Crippen LogP contribution in [0.2, 0.25) is 0 Å². The first-order chi connectivity index (χ1) is 13.6. The number of nitriles is 1. The zero-order valence-electron chi connectivity index (χ0n) is 15.3. The molecule has 28 heavy (non-hydrogen) atoms. The van der Waals surface area contributed by atoms with Crippen LogP contribution >= 0.6 is 0 Å². The maximum absolute atomic E-state index is 12.5. The maximum atomic E-state index is 12.5. The summed E-state index contributed by atoms with van der Waals surface area (Å²) < 4.78 is 11.0. The molecule has 0 aliphatic carbocycles. The fourth-order valence-corrected chi connectivity index (χ4v) is 2.86. The molecule has 0 saturated heterocycles. The molecule has 0 radical (unpaired) electrons. The van der Waals surface area contributed by atoms with Crippen molar-refractivity contribution in [2.45, 2.75) is 19.4 Å². The molecular weight excluding hydrogens is 358 g/mol. The van der Waals surface area contributed by atoms with Crippen molar-refractivity contribution >= 4 is 12.0 Å². The van der Waals surface area contributed by atoms with Gasteiger partial charge in [0, 0.05) is 5.70 Å². The summed E-state index contributed by atoms with van der Waals surface area (Å²) in [7, 11) is 0. The van der Waals surface area contributed by atoms with E-state index in [9.17, 15) is 9.59 Å². The molecule has 2 amide bonds. The number of carbonyl (C=O) groups is 2. The molecule has 0 bridgehead atoms. The Labute approximate surface area is 162 Å². The third-order valence-electron chi connectivity index (χ3n) is 4.11. The number of urea groups is 1. The Morgan fingerprint density at radius 1 is 1.14 bits per heavy atom. The van der Waals surface area contributed by atoms with Crippen molar-refractivity contribution in [3.63, 3.8) is 0 Å². The minimum atomic E-state index is -0.692. The van der Waals surface area contributed by atoms with Crippen LogP contribution in [0.1, 0.15) is 24.9 Å². The van der Waals surface area contributed by atoms with Crippen molar-refractivity contribution in [1.82, 2.24) is 10.6 Å². The SMILES string of the molecule is CC1=C(C(=O)OCCC#N)C(c2cccc(Oc3ccccc3)c2)NC(=O)N1. The molecule has 1 unspecified atom stereocenters. The molecule has 7 heteroatoms. The maximum Gasteiger partial charge on any atom is 0.338 e. The van der Waals surface area contributed by atoms with E-state index in [1.807, 2.05) is 36.4 Å². The number of hydrogen-bond donors (Lipinski definition) is 2. The molecule has 0 spiro atoms. The molecule has 2 aromatic carbocycles. The van der Waals surface area contributed by atoms with Gasteiger partial charge in [-0.15, -0.1) is 0 Å². The second-order valence-electron chi connectivity index (χ2n) is 6.10. The Morgan fingerprint density at radius 3 is 2.64 bits per heavy atom. The van der Waals surface area contributed by atoms with Crippen LogP contribution in [0.5, 0.6) is 11.5 Å². The number of hydrogen-bond acceptors (Lipinski definition) is 5. The van der Waals surface area contributed by atoms with E-state index in [4.69, 9.17) is 14.7 Å². The smallest absolute Gasteiger partial charge is 0.338 e. The quantitative estimate of drug-likeness (QED) is 0.592. The Hall–Kier alpha value is -3.79. The second-order valence-corrected chi connectivity index (χ2v) is 6.10. The number of amides is 2. The fraction of sp³-hybridized carbons (Fsp3) is 0.190. The predicted octanol–water partition coefficient (Wildman–Crippen LogP) is 3.56. The number of benzene rings is 2. The average Bonchev–Trinajstić information content (AvgIpc) is 2.68. The van der Waals surface area contributed by atoms with Crippen LogP contribution in [0.3, 0.4) is 0 Å². The predicted molar refractivity (Wildman–Crippen MR) is 101 cm³/mol. The van der Waals surface area contributed by atoms with Crippen molar-refractivity contribution in [2.75, 3.05) is 6.61 Å². The average molecular weight is 377 g/mol. The molecule has 3 rings (SSSR count). The molecular formula is C21H19N3O4. The zero-order chi connectivity index (χ0) is 19.9. The van der Waals surface area contributed by atoms with E-state index in [0.29, 0.717) is 22.8 Å². The first kappa shape index (κ1) is 19.0.